The van der Waals surface area contributed by atoms with Gasteiger partial charge in [0.05, 0.1) is 12.7 Å². The van der Waals surface area contributed by atoms with Gasteiger partial charge in [-0.3, -0.25) is 4.79 Å². The maximum absolute atomic E-state index is 11.4. The third-order valence-corrected chi connectivity index (χ3v) is 4.21. The summed E-state index contributed by atoms with van der Waals surface area (Å²) in [6.45, 7) is 0.661. The SMILES string of the molecule is COc1cc(CN(C)c2ccc(Oc3ccccc3)cc2)ccc1C(N)=O. The molecule has 0 radical (unpaired) electrons. The van der Waals surface area contributed by atoms with Crippen LogP contribution in [-0.4, -0.2) is 20.1 Å². The first-order valence-electron chi connectivity index (χ1n) is 8.57. The number of primary amides is 1. The van der Waals surface area contributed by atoms with Crippen LogP contribution in [0.15, 0.2) is 72.8 Å². The second-order valence-corrected chi connectivity index (χ2v) is 6.16. The maximum atomic E-state index is 11.4. The van der Waals surface area contributed by atoms with E-state index in [0.29, 0.717) is 17.9 Å². The zero-order valence-electron chi connectivity index (χ0n) is 15.4. The predicted octanol–water partition coefficient (Wildman–Crippen LogP) is 4.22. The molecule has 0 aromatic heterocycles. The van der Waals surface area contributed by atoms with E-state index in [-0.39, 0.29) is 0 Å². The van der Waals surface area contributed by atoms with Crippen molar-refractivity contribution in [2.75, 3.05) is 19.1 Å². The highest BCUT2D eigenvalue weighted by atomic mass is 16.5. The van der Waals surface area contributed by atoms with Crippen molar-refractivity contribution in [2.24, 2.45) is 5.73 Å². The minimum atomic E-state index is -0.499. The van der Waals surface area contributed by atoms with Crippen LogP contribution in [0.3, 0.4) is 0 Å². The van der Waals surface area contributed by atoms with Gasteiger partial charge in [0.15, 0.2) is 0 Å². The molecule has 2 N–H and O–H groups in total. The smallest absolute Gasteiger partial charge is 0.252 e. The molecular formula is C22H22N2O3. The molecule has 0 atom stereocenters. The summed E-state index contributed by atoms with van der Waals surface area (Å²) in [7, 11) is 3.53. The van der Waals surface area contributed by atoms with Crippen LogP contribution in [0.2, 0.25) is 0 Å². The van der Waals surface area contributed by atoms with Crippen LogP contribution in [0.5, 0.6) is 17.2 Å². The normalized spacial score (nSPS) is 10.3. The number of amides is 1. The highest BCUT2D eigenvalue weighted by molar-refractivity contribution is 5.95. The first kappa shape index (κ1) is 18.3. The van der Waals surface area contributed by atoms with Crippen LogP contribution < -0.4 is 20.1 Å². The average Bonchev–Trinajstić information content (AvgIpc) is 2.69. The highest BCUT2D eigenvalue weighted by Gasteiger charge is 2.11. The maximum Gasteiger partial charge on any atom is 0.252 e. The molecule has 0 aliphatic heterocycles. The van der Waals surface area contributed by atoms with Crippen molar-refractivity contribution in [3.8, 4) is 17.2 Å². The first-order chi connectivity index (χ1) is 13.1. The zero-order valence-corrected chi connectivity index (χ0v) is 15.4. The summed E-state index contributed by atoms with van der Waals surface area (Å²) in [5.74, 6) is 1.58. The first-order valence-corrected chi connectivity index (χ1v) is 8.57. The minimum Gasteiger partial charge on any atom is -0.496 e. The Bertz CT molecular complexity index is 909. The number of anilines is 1. The molecule has 0 bridgehead atoms. The van der Waals surface area contributed by atoms with Gasteiger partial charge in [-0.2, -0.15) is 0 Å². The lowest BCUT2D eigenvalue weighted by Crippen LogP contribution is -2.17. The zero-order chi connectivity index (χ0) is 19.2. The summed E-state index contributed by atoms with van der Waals surface area (Å²) in [6.07, 6.45) is 0. The number of carbonyl (C=O) groups excluding carboxylic acids is 1. The molecule has 0 unspecified atom stereocenters. The van der Waals surface area contributed by atoms with Gasteiger partial charge in [0, 0.05) is 19.3 Å². The third-order valence-electron chi connectivity index (χ3n) is 4.21. The molecule has 3 aromatic carbocycles. The monoisotopic (exact) mass is 362 g/mol. The summed E-state index contributed by atoms with van der Waals surface area (Å²) < 4.78 is 11.1. The van der Waals surface area contributed by atoms with Crippen molar-refractivity contribution in [1.82, 2.24) is 0 Å². The number of hydrogen-bond acceptors (Lipinski definition) is 4. The topological polar surface area (TPSA) is 64.8 Å². The number of para-hydroxylation sites is 1. The van der Waals surface area contributed by atoms with Crippen LogP contribution in [0, 0.1) is 0 Å². The molecule has 1 amide bonds. The van der Waals surface area contributed by atoms with E-state index in [1.165, 1.54) is 7.11 Å². The lowest BCUT2D eigenvalue weighted by molar-refractivity contribution is 0.0997. The highest BCUT2D eigenvalue weighted by Crippen LogP contribution is 2.26. The van der Waals surface area contributed by atoms with E-state index in [1.54, 1.807) is 6.07 Å². The van der Waals surface area contributed by atoms with Gasteiger partial charge in [-0.05, 0) is 54.1 Å². The van der Waals surface area contributed by atoms with Crippen LogP contribution in [0.4, 0.5) is 5.69 Å². The summed E-state index contributed by atoms with van der Waals surface area (Å²) >= 11 is 0. The molecule has 0 aliphatic rings. The average molecular weight is 362 g/mol. The van der Waals surface area contributed by atoms with Gasteiger partial charge in [-0.15, -0.1) is 0 Å². The molecule has 27 heavy (non-hydrogen) atoms. The molecule has 5 nitrogen and oxygen atoms in total. The Balaban J connectivity index is 1.69. The number of nitrogens with zero attached hydrogens (tertiary/aromatic N) is 1. The van der Waals surface area contributed by atoms with Gasteiger partial charge in [-0.25, -0.2) is 0 Å². The quantitative estimate of drug-likeness (QED) is 0.683. The molecule has 0 fully saturated rings. The number of benzene rings is 3. The number of carbonyl (C=O) groups is 1. The van der Waals surface area contributed by atoms with Gasteiger partial charge in [-0.1, -0.05) is 24.3 Å². The molecule has 0 aliphatic carbocycles. The Morgan fingerprint density at radius 1 is 0.963 bits per heavy atom. The van der Waals surface area contributed by atoms with Crippen molar-refractivity contribution in [2.45, 2.75) is 6.54 Å². The molecule has 0 saturated heterocycles. The van der Waals surface area contributed by atoms with Crippen LogP contribution >= 0.6 is 0 Å². The minimum absolute atomic E-state index is 0.381. The van der Waals surface area contributed by atoms with Gasteiger partial charge in [0.2, 0.25) is 0 Å². The summed E-state index contributed by atoms with van der Waals surface area (Å²) in [4.78, 5) is 13.5. The van der Waals surface area contributed by atoms with Crippen molar-refractivity contribution < 1.29 is 14.3 Å². The Hall–Kier alpha value is -3.47. The number of ether oxygens (including phenoxy) is 2. The van der Waals surface area contributed by atoms with E-state index < -0.39 is 5.91 Å². The fraction of sp³-hybridized carbons (Fsp3) is 0.136. The van der Waals surface area contributed by atoms with E-state index >= 15 is 0 Å². The summed E-state index contributed by atoms with van der Waals surface area (Å²) in [6, 6.07) is 23.0. The standard InChI is InChI=1S/C22H22N2O3/c1-24(15-16-8-13-20(22(23)25)21(14-16)26-2)17-9-11-19(12-10-17)27-18-6-4-3-5-7-18/h3-14H,15H2,1-2H3,(H2,23,25). The van der Waals surface area contributed by atoms with Gasteiger partial charge in [0.25, 0.3) is 5.91 Å². The molecule has 5 heteroatoms. The van der Waals surface area contributed by atoms with Crippen molar-refractivity contribution in [3.63, 3.8) is 0 Å². The summed E-state index contributed by atoms with van der Waals surface area (Å²) in [5.41, 5.74) is 7.81. The van der Waals surface area contributed by atoms with Gasteiger partial charge in [0.1, 0.15) is 17.2 Å². The van der Waals surface area contributed by atoms with Crippen LogP contribution in [0.1, 0.15) is 15.9 Å². The van der Waals surface area contributed by atoms with E-state index in [0.717, 1.165) is 22.7 Å². The number of methoxy groups -OCH3 is 1. The molecule has 3 rings (SSSR count). The second-order valence-electron chi connectivity index (χ2n) is 6.16. The fourth-order valence-corrected chi connectivity index (χ4v) is 2.80. The van der Waals surface area contributed by atoms with E-state index in [4.69, 9.17) is 15.2 Å². The van der Waals surface area contributed by atoms with Crippen LogP contribution in [-0.2, 0) is 6.54 Å². The number of rotatable bonds is 7. The Morgan fingerprint density at radius 2 is 1.63 bits per heavy atom. The van der Waals surface area contributed by atoms with Crippen molar-refractivity contribution >= 4 is 11.6 Å². The van der Waals surface area contributed by atoms with Crippen LogP contribution in [0.25, 0.3) is 0 Å². The van der Waals surface area contributed by atoms with E-state index in [9.17, 15) is 4.79 Å². The van der Waals surface area contributed by atoms with Crippen molar-refractivity contribution in [3.05, 3.63) is 83.9 Å². The lowest BCUT2D eigenvalue weighted by atomic mass is 10.1. The molecular weight excluding hydrogens is 340 g/mol. The number of nitrogens with two attached hydrogens (primary N) is 1. The number of hydrogen-bond donors (Lipinski definition) is 1. The second kappa shape index (κ2) is 8.27. The lowest BCUT2D eigenvalue weighted by Gasteiger charge is -2.20. The van der Waals surface area contributed by atoms with Gasteiger partial charge >= 0.3 is 0 Å². The van der Waals surface area contributed by atoms with Crippen molar-refractivity contribution in [1.29, 1.82) is 0 Å². The Kier molecular flexibility index (Phi) is 5.61. The Morgan fingerprint density at radius 3 is 2.26 bits per heavy atom. The molecule has 138 valence electrons. The van der Waals surface area contributed by atoms with E-state index in [2.05, 4.69) is 4.90 Å². The third kappa shape index (κ3) is 4.58. The fourth-order valence-electron chi connectivity index (χ4n) is 2.80. The molecule has 0 heterocycles. The molecule has 0 spiro atoms. The molecule has 3 aromatic rings. The Labute approximate surface area is 158 Å². The predicted molar refractivity (Wildman–Crippen MR) is 107 cm³/mol. The largest absolute Gasteiger partial charge is 0.496 e. The van der Waals surface area contributed by atoms with E-state index in [1.807, 2.05) is 73.8 Å². The van der Waals surface area contributed by atoms with Gasteiger partial charge < -0.3 is 20.1 Å². The molecule has 0 saturated carbocycles. The summed E-state index contributed by atoms with van der Waals surface area (Å²) in [5, 5.41) is 0.